The zero-order chi connectivity index (χ0) is 29.7. The normalized spacial score (nSPS) is 11.6. The number of para-hydroxylation sites is 3. The van der Waals surface area contributed by atoms with Crippen LogP contribution in [0.2, 0.25) is 0 Å². The van der Waals surface area contributed by atoms with Crippen LogP contribution in [0.4, 0.5) is 0 Å². The number of hydrogen-bond acceptors (Lipinski definition) is 0. The summed E-state index contributed by atoms with van der Waals surface area (Å²) in [4.78, 5) is 0. The first-order valence-corrected chi connectivity index (χ1v) is 15.6. The molecule has 0 aliphatic carbocycles. The molecule has 0 atom stereocenters. The summed E-state index contributed by atoms with van der Waals surface area (Å²) in [7, 11) is 0. The second-order valence-corrected chi connectivity index (χ2v) is 11.7. The maximum absolute atomic E-state index is 2.49. The van der Waals surface area contributed by atoms with Crippen LogP contribution in [0.25, 0.3) is 55.0 Å². The van der Waals surface area contributed by atoms with Crippen molar-refractivity contribution in [3.63, 3.8) is 0 Å². The quantitative estimate of drug-likeness (QED) is 0.183. The van der Waals surface area contributed by atoms with Gasteiger partial charge in [-0.3, -0.25) is 0 Å². The van der Waals surface area contributed by atoms with E-state index in [0.717, 1.165) is 11.4 Å². The van der Waals surface area contributed by atoms with E-state index in [4.69, 9.17) is 0 Å². The number of benzene rings is 7. The van der Waals surface area contributed by atoms with Crippen LogP contribution in [0.15, 0.2) is 176 Å². The Bertz CT molecular complexity index is 2440. The van der Waals surface area contributed by atoms with E-state index >= 15 is 0 Å². The number of fused-ring (bicyclic) bond motifs is 7. The third kappa shape index (κ3) is 4.05. The third-order valence-electron chi connectivity index (χ3n) is 9.21. The van der Waals surface area contributed by atoms with E-state index in [1.807, 2.05) is 0 Å². The van der Waals surface area contributed by atoms with Crippen LogP contribution in [0.1, 0.15) is 0 Å². The Balaban J connectivity index is 1.39. The van der Waals surface area contributed by atoms with Crippen molar-refractivity contribution in [2.24, 2.45) is 0 Å². The molecule has 2 aromatic heterocycles. The molecule has 9 rings (SSSR count). The van der Waals surface area contributed by atoms with E-state index in [2.05, 4.69) is 185 Å². The van der Waals surface area contributed by atoms with Gasteiger partial charge in [0.1, 0.15) is 0 Å². The van der Waals surface area contributed by atoms with Crippen molar-refractivity contribution in [1.29, 1.82) is 0 Å². The topological polar surface area (TPSA) is 9.86 Å². The van der Waals surface area contributed by atoms with Gasteiger partial charge in [0.25, 0.3) is 0 Å². The Morgan fingerprint density at radius 2 is 0.733 bits per heavy atom. The molecule has 0 radical (unpaired) electrons. The second-order valence-electron chi connectivity index (χ2n) is 11.7. The standard InChI is InChI=1S/C42H29BN2/c1-4-15-30(16-5-1)43(31-17-6-2-7-18-31)32-19-14-22-34(29-32)45-40-26-13-11-24-36(40)38-28-27-37-35-23-10-12-25-39(35)44(41(37)42(38)45)33-20-8-3-9-21-33/h1-29H. The van der Waals surface area contributed by atoms with Gasteiger partial charge in [-0.1, -0.05) is 156 Å². The molecule has 0 saturated carbocycles. The van der Waals surface area contributed by atoms with E-state index in [9.17, 15) is 0 Å². The Morgan fingerprint density at radius 3 is 1.29 bits per heavy atom. The summed E-state index contributed by atoms with van der Waals surface area (Å²) in [6.45, 7) is 0.122. The summed E-state index contributed by atoms with van der Waals surface area (Å²) in [5.41, 5.74) is 11.0. The lowest BCUT2D eigenvalue weighted by Crippen LogP contribution is -2.51. The molecule has 0 fully saturated rings. The molecular formula is C42H29BN2. The lowest BCUT2D eigenvalue weighted by molar-refractivity contribution is 1.15. The van der Waals surface area contributed by atoms with Gasteiger partial charge in [0.15, 0.2) is 0 Å². The van der Waals surface area contributed by atoms with Crippen LogP contribution < -0.4 is 16.4 Å². The Kier molecular flexibility index (Phi) is 5.95. The van der Waals surface area contributed by atoms with Crippen molar-refractivity contribution in [2.75, 3.05) is 0 Å². The molecule has 0 spiro atoms. The van der Waals surface area contributed by atoms with Crippen LogP contribution in [-0.2, 0) is 0 Å². The third-order valence-corrected chi connectivity index (χ3v) is 9.21. The fraction of sp³-hybridized carbons (Fsp3) is 0. The predicted octanol–water partition coefficient (Wildman–Crippen LogP) is 8.40. The molecular weight excluding hydrogens is 543 g/mol. The van der Waals surface area contributed by atoms with Crippen molar-refractivity contribution in [3.05, 3.63) is 176 Å². The lowest BCUT2D eigenvalue weighted by atomic mass is 9.37. The molecule has 3 heteroatoms. The maximum Gasteiger partial charge on any atom is 0.241 e. The van der Waals surface area contributed by atoms with E-state index in [-0.39, 0.29) is 6.71 Å². The predicted molar refractivity (Wildman–Crippen MR) is 193 cm³/mol. The van der Waals surface area contributed by atoms with Gasteiger partial charge in [0, 0.05) is 32.9 Å². The smallest absolute Gasteiger partial charge is 0.241 e. The maximum atomic E-state index is 2.49. The van der Waals surface area contributed by atoms with E-state index in [0.29, 0.717) is 0 Å². The number of nitrogens with zero attached hydrogens (tertiary/aromatic N) is 2. The van der Waals surface area contributed by atoms with Gasteiger partial charge < -0.3 is 9.13 Å². The van der Waals surface area contributed by atoms with Gasteiger partial charge in [-0.15, -0.1) is 0 Å². The number of rotatable bonds is 5. The highest BCUT2D eigenvalue weighted by molar-refractivity contribution is 6.95. The number of hydrogen-bond donors (Lipinski definition) is 0. The molecule has 2 heterocycles. The van der Waals surface area contributed by atoms with Crippen LogP contribution in [0, 0.1) is 0 Å². The van der Waals surface area contributed by atoms with Crippen LogP contribution >= 0.6 is 0 Å². The molecule has 9 aromatic rings. The second kappa shape index (κ2) is 10.4. The first-order chi connectivity index (χ1) is 22.4. The Morgan fingerprint density at radius 1 is 0.311 bits per heavy atom. The summed E-state index contributed by atoms with van der Waals surface area (Å²) in [6.07, 6.45) is 0. The lowest BCUT2D eigenvalue weighted by Gasteiger charge is -2.18. The summed E-state index contributed by atoms with van der Waals surface area (Å²) in [5, 5.41) is 5.03. The molecule has 0 N–H and O–H groups in total. The first kappa shape index (κ1) is 25.7. The minimum atomic E-state index is 0.122. The fourth-order valence-electron chi connectivity index (χ4n) is 7.33. The monoisotopic (exact) mass is 572 g/mol. The highest BCUT2D eigenvalue weighted by Crippen LogP contribution is 2.41. The van der Waals surface area contributed by atoms with Gasteiger partial charge >= 0.3 is 0 Å². The molecule has 7 aromatic carbocycles. The van der Waals surface area contributed by atoms with E-state index in [1.54, 1.807) is 0 Å². The molecule has 0 unspecified atom stereocenters. The van der Waals surface area contributed by atoms with Gasteiger partial charge in [0.05, 0.1) is 22.1 Å². The summed E-state index contributed by atoms with van der Waals surface area (Å²) in [5.74, 6) is 0. The SMILES string of the molecule is c1ccc(B(c2ccccc2)c2cccc(-n3c4ccccc4c4ccc5c6ccccc6n(-c6ccccc6)c5c43)c2)cc1. The highest BCUT2D eigenvalue weighted by atomic mass is 15.0. The Hall–Kier alpha value is -5.80. The van der Waals surface area contributed by atoms with Crippen molar-refractivity contribution in [1.82, 2.24) is 9.13 Å². The van der Waals surface area contributed by atoms with Crippen molar-refractivity contribution in [3.8, 4) is 11.4 Å². The Labute approximate surface area is 262 Å². The van der Waals surface area contributed by atoms with Crippen LogP contribution in [0.5, 0.6) is 0 Å². The zero-order valence-electron chi connectivity index (χ0n) is 24.7. The largest absolute Gasteiger partial charge is 0.307 e. The molecule has 0 aliphatic heterocycles. The summed E-state index contributed by atoms with van der Waals surface area (Å²) < 4.78 is 4.94. The molecule has 0 bridgehead atoms. The molecule has 45 heavy (non-hydrogen) atoms. The minimum absolute atomic E-state index is 0.122. The van der Waals surface area contributed by atoms with Crippen molar-refractivity contribution in [2.45, 2.75) is 0 Å². The first-order valence-electron chi connectivity index (χ1n) is 15.6. The minimum Gasteiger partial charge on any atom is -0.307 e. The van der Waals surface area contributed by atoms with Gasteiger partial charge in [-0.25, -0.2) is 0 Å². The van der Waals surface area contributed by atoms with Gasteiger partial charge in [-0.05, 0) is 36.4 Å². The average Bonchev–Trinajstić information content (AvgIpc) is 3.63. The van der Waals surface area contributed by atoms with E-state index in [1.165, 1.54) is 60.0 Å². The zero-order valence-corrected chi connectivity index (χ0v) is 24.7. The average molecular weight is 573 g/mol. The van der Waals surface area contributed by atoms with Crippen LogP contribution in [-0.4, -0.2) is 15.8 Å². The summed E-state index contributed by atoms with van der Waals surface area (Å²) >= 11 is 0. The summed E-state index contributed by atoms with van der Waals surface area (Å²) in [6, 6.07) is 63.9. The molecule has 210 valence electrons. The van der Waals surface area contributed by atoms with Crippen LogP contribution in [0.3, 0.4) is 0 Å². The molecule has 0 aliphatic rings. The number of aromatic nitrogens is 2. The van der Waals surface area contributed by atoms with E-state index < -0.39 is 0 Å². The van der Waals surface area contributed by atoms with Crippen molar-refractivity contribution < 1.29 is 0 Å². The molecule has 2 nitrogen and oxygen atoms in total. The fourth-order valence-corrected chi connectivity index (χ4v) is 7.33. The van der Waals surface area contributed by atoms with Gasteiger partial charge in [-0.2, -0.15) is 0 Å². The van der Waals surface area contributed by atoms with Gasteiger partial charge in [0.2, 0.25) is 6.71 Å². The molecule has 0 amide bonds. The molecule has 0 saturated heterocycles. The highest BCUT2D eigenvalue weighted by Gasteiger charge is 2.24. The van der Waals surface area contributed by atoms with Crippen molar-refractivity contribution >= 4 is 66.7 Å².